The number of hydrogen-bond acceptors (Lipinski definition) is 4. The number of carbonyl (C=O) groups excluding carboxylic acids is 1. The zero-order chi connectivity index (χ0) is 11.9. The summed E-state index contributed by atoms with van der Waals surface area (Å²) >= 11 is 0. The van der Waals surface area contributed by atoms with Crippen LogP contribution in [0.2, 0.25) is 0 Å². The van der Waals surface area contributed by atoms with Gasteiger partial charge in [0.15, 0.2) is 0 Å². The number of nitrogens with zero attached hydrogens (tertiary/aromatic N) is 3. The molecule has 0 aliphatic carbocycles. The Morgan fingerprint density at radius 1 is 1.31 bits per heavy atom. The van der Waals surface area contributed by atoms with Gasteiger partial charge in [0.25, 0.3) is 5.69 Å². The first-order chi connectivity index (χ1) is 7.50. The molecule has 7 heteroatoms. The van der Waals surface area contributed by atoms with Crippen LogP contribution in [0.4, 0.5) is 21.9 Å². The van der Waals surface area contributed by atoms with Crippen LogP contribution in [0.1, 0.15) is 0 Å². The number of rotatable bonds is 1. The van der Waals surface area contributed by atoms with Crippen molar-refractivity contribution in [3.05, 3.63) is 28.3 Å². The Kier molecular flexibility index (Phi) is 2.15. The van der Waals surface area contributed by atoms with Crippen LogP contribution in [-0.2, 0) is 0 Å². The maximum atomic E-state index is 11.5. The molecule has 1 aliphatic heterocycles. The lowest BCUT2D eigenvalue weighted by molar-refractivity contribution is -0.384. The number of benzene rings is 1. The second-order valence-corrected chi connectivity index (χ2v) is 3.44. The highest BCUT2D eigenvalue weighted by Crippen LogP contribution is 2.32. The van der Waals surface area contributed by atoms with Crippen molar-refractivity contribution in [2.75, 3.05) is 24.4 Å². The molecule has 0 fully saturated rings. The SMILES string of the molecule is CN1C(=O)Nc2cc([N+](=O)[O-])ccc2N1C. The number of urea groups is 1. The van der Waals surface area contributed by atoms with E-state index in [1.807, 2.05) is 0 Å². The van der Waals surface area contributed by atoms with Crippen molar-refractivity contribution in [3.8, 4) is 0 Å². The zero-order valence-corrected chi connectivity index (χ0v) is 8.80. The van der Waals surface area contributed by atoms with Gasteiger partial charge in [-0.2, -0.15) is 0 Å². The Labute approximate surface area is 91.4 Å². The second-order valence-electron chi connectivity index (χ2n) is 3.44. The second kappa shape index (κ2) is 3.37. The summed E-state index contributed by atoms with van der Waals surface area (Å²) in [5.41, 5.74) is 1.12. The average Bonchev–Trinajstić information content (AvgIpc) is 2.25. The van der Waals surface area contributed by atoms with E-state index < -0.39 is 4.92 Å². The van der Waals surface area contributed by atoms with Gasteiger partial charge in [0.2, 0.25) is 0 Å². The van der Waals surface area contributed by atoms with Crippen molar-refractivity contribution < 1.29 is 9.72 Å². The van der Waals surface area contributed by atoms with E-state index in [-0.39, 0.29) is 11.7 Å². The molecule has 7 nitrogen and oxygen atoms in total. The van der Waals surface area contributed by atoms with Crippen LogP contribution in [0.5, 0.6) is 0 Å². The molecule has 1 aromatic rings. The summed E-state index contributed by atoms with van der Waals surface area (Å²) in [6.07, 6.45) is 0. The van der Waals surface area contributed by atoms with Gasteiger partial charge in [0.1, 0.15) is 0 Å². The fourth-order valence-electron chi connectivity index (χ4n) is 1.51. The van der Waals surface area contributed by atoms with Crippen molar-refractivity contribution in [3.63, 3.8) is 0 Å². The Hall–Kier alpha value is -2.31. The third-order valence-corrected chi connectivity index (χ3v) is 2.53. The zero-order valence-electron chi connectivity index (χ0n) is 8.80. The highest BCUT2D eigenvalue weighted by Gasteiger charge is 2.25. The average molecular weight is 222 g/mol. The first-order valence-electron chi connectivity index (χ1n) is 4.57. The molecule has 0 aromatic heterocycles. The van der Waals surface area contributed by atoms with E-state index in [9.17, 15) is 14.9 Å². The number of nitrogens with one attached hydrogen (secondary N) is 1. The van der Waals surface area contributed by atoms with Gasteiger partial charge < -0.3 is 5.32 Å². The minimum atomic E-state index is -0.495. The van der Waals surface area contributed by atoms with Crippen LogP contribution in [0, 0.1) is 10.1 Å². The monoisotopic (exact) mass is 222 g/mol. The van der Waals surface area contributed by atoms with Gasteiger partial charge in [-0.05, 0) is 6.07 Å². The van der Waals surface area contributed by atoms with Crippen molar-refractivity contribution in [1.29, 1.82) is 0 Å². The van der Waals surface area contributed by atoms with Crippen molar-refractivity contribution in [1.82, 2.24) is 5.01 Å². The molecule has 2 rings (SSSR count). The molecule has 0 saturated heterocycles. The Morgan fingerprint density at radius 3 is 2.62 bits per heavy atom. The summed E-state index contributed by atoms with van der Waals surface area (Å²) in [6.45, 7) is 0. The van der Waals surface area contributed by atoms with E-state index in [4.69, 9.17) is 0 Å². The number of nitro benzene ring substituents is 1. The molecule has 84 valence electrons. The van der Waals surface area contributed by atoms with Gasteiger partial charge >= 0.3 is 6.03 Å². The molecule has 0 unspecified atom stereocenters. The molecule has 1 N–H and O–H groups in total. The lowest BCUT2D eigenvalue weighted by Gasteiger charge is -2.35. The van der Waals surface area contributed by atoms with E-state index in [1.165, 1.54) is 17.1 Å². The molecule has 0 saturated carbocycles. The number of non-ortho nitro benzene ring substituents is 1. The first-order valence-corrected chi connectivity index (χ1v) is 4.57. The smallest absolute Gasteiger partial charge is 0.304 e. The van der Waals surface area contributed by atoms with Crippen LogP contribution >= 0.6 is 0 Å². The largest absolute Gasteiger partial charge is 0.340 e. The molecular formula is C9H10N4O3. The van der Waals surface area contributed by atoms with Crippen LogP contribution in [0.25, 0.3) is 0 Å². The molecule has 0 bridgehead atoms. The Bertz CT molecular complexity index is 474. The van der Waals surface area contributed by atoms with Gasteiger partial charge in [0, 0.05) is 26.2 Å². The topological polar surface area (TPSA) is 78.7 Å². The summed E-state index contributed by atoms with van der Waals surface area (Å²) in [6, 6.07) is 4.02. The summed E-state index contributed by atoms with van der Waals surface area (Å²) in [7, 11) is 3.32. The maximum absolute atomic E-state index is 11.5. The van der Waals surface area contributed by atoms with Crippen LogP contribution in [-0.4, -0.2) is 30.1 Å². The number of amides is 2. The predicted octanol–water partition coefficient (Wildman–Crippen LogP) is 1.42. The van der Waals surface area contributed by atoms with Gasteiger partial charge in [-0.25, -0.2) is 9.80 Å². The minimum absolute atomic E-state index is 0.0444. The molecular weight excluding hydrogens is 212 g/mol. The standard InChI is InChI=1S/C9H10N4O3/c1-11-8-4-3-6(13(15)16)5-7(8)10-9(14)12(11)2/h3-5H,1-2H3,(H,10,14). The number of anilines is 2. The summed E-state index contributed by atoms with van der Waals surface area (Å²) < 4.78 is 0. The van der Waals surface area contributed by atoms with Crippen LogP contribution < -0.4 is 10.3 Å². The number of hydrogen-bond donors (Lipinski definition) is 1. The Balaban J connectivity index is 2.49. The first kappa shape index (κ1) is 10.2. The van der Waals surface area contributed by atoms with Crippen molar-refractivity contribution >= 4 is 23.1 Å². The predicted molar refractivity (Wildman–Crippen MR) is 58.3 cm³/mol. The highest BCUT2D eigenvalue weighted by molar-refractivity contribution is 5.98. The fraction of sp³-hybridized carbons (Fsp3) is 0.222. The number of fused-ring (bicyclic) bond motifs is 1. The van der Waals surface area contributed by atoms with E-state index in [0.29, 0.717) is 11.4 Å². The Morgan fingerprint density at radius 2 is 2.00 bits per heavy atom. The molecule has 0 radical (unpaired) electrons. The molecule has 0 spiro atoms. The molecule has 1 aromatic carbocycles. The third-order valence-electron chi connectivity index (χ3n) is 2.53. The van der Waals surface area contributed by atoms with E-state index in [0.717, 1.165) is 0 Å². The van der Waals surface area contributed by atoms with Crippen LogP contribution in [0.15, 0.2) is 18.2 Å². The number of carbonyl (C=O) groups is 1. The van der Waals surface area contributed by atoms with Gasteiger partial charge in [0.05, 0.1) is 16.3 Å². The van der Waals surface area contributed by atoms with Gasteiger partial charge in [-0.1, -0.05) is 0 Å². The summed E-state index contributed by atoms with van der Waals surface area (Å²) in [4.78, 5) is 21.5. The van der Waals surface area contributed by atoms with Crippen molar-refractivity contribution in [2.45, 2.75) is 0 Å². The van der Waals surface area contributed by atoms with Crippen LogP contribution in [0.3, 0.4) is 0 Å². The third kappa shape index (κ3) is 1.42. The minimum Gasteiger partial charge on any atom is -0.304 e. The lowest BCUT2D eigenvalue weighted by atomic mass is 10.2. The lowest BCUT2D eigenvalue weighted by Crippen LogP contribution is -2.47. The quantitative estimate of drug-likeness (QED) is 0.575. The van der Waals surface area contributed by atoms with E-state index >= 15 is 0 Å². The number of hydrazine groups is 1. The van der Waals surface area contributed by atoms with Crippen molar-refractivity contribution in [2.24, 2.45) is 0 Å². The highest BCUT2D eigenvalue weighted by atomic mass is 16.6. The van der Waals surface area contributed by atoms with E-state index in [1.54, 1.807) is 25.2 Å². The van der Waals surface area contributed by atoms with E-state index in [2.05, 4.69) is 5.32 Å². The molecule has 1 aliphatic rings. The molecule has 1 heterocycles. The molecule has 16 heavy (non-hydrogen) atoms. The summed E-state index contributed by atoms with van der Waals surface area (Å²) in [5.74, 6) is 0. The molecule has 2 amide bonds. The van der Waals surface area contributed by atoms with Gasteiger partial charge in [-0.15, -0.1) is 0 Å². The summed E-state index contributed by atoms with van der Waals surface area (Å²) in [5, 5.41) is 16.2. The number of nitro groups is 1. The maximum Gasteiger partial charge on any atom is 0.340 e. The normalized spacial score (nSPS) is 14.5. The van der Waals surface area contributed by atoms with Gasteiger partial charge in [-0.3, -0.25) is 15.1 Å². The molecule has 0 atom stereocenters. The fourth-order valence-corrected chi connectivity index (χ4v) is 1.51.